The molecule has 1 aromatic carbocycles. The van der Waals surface area contributed by atoms with E-state index in [2.05, 4.69) is 9.97 Å². The first-order valence-electron chi connectivity index (χ1n) is 5.92. The predicted molar refractivity (Wildman–Crippen MR) is 78.8 cm³/mol. The van der Waals surface area contributed by atoms with Crippen molar-refractivity contribution in [2.75, 3.05) is 11.5 Å². The number of benzene rings is 1. The number of hydrogen-bond acceptors (Lipinski definition) is 6. The van der Waals surface area contributed by atoms with Gasteiger partial charge < -0.3 is 4.98 Å². The Kier molecular flexibility index (Phi) is 4.77. The molecule has 0 unspecified atom stereocenters. The first-order chi connectivity index (χ1) is 10.0. The average molecular weight is 321 g/mol. The highest BCUT2D eigenvalue weighted by Gasteiger charge is 2.14. The quantitative estimate of drug-likeness (QED) is 0.655. The lowest BCUT2D eigenvalue weighted by Gasteiger charge is -2.04. The minimum absolute atomic E-state index is 0.0812. The van der Waals surface area contributed by atoms with Gasteiger partial charge in [-0.25, -0.2) is 13.4 Å². The van der Waals surface area contributed by atoms with E-state index in [1.54, 1.807) is 0 Å². The lowest BCUT2D eigenvalue weighted by molar-refractivity contribution is 0.597. The normalized spacial score (nSPS) is 11.0. The van der Waals surface area contributed by atoms with Crippen molar-refractivity contribution in [3.05, 3.63) is 52.4 Å². The molecular formula is C13H11N3O3S2. The molecule has 0 bridgehead atoms. The second kappa shape index (κ2) is 6.56. The van der Waals surface area contributed by atoms with Crippen molar-refractivity contribution >= 4 is 21.6 Å². The first-order valence-corrected chi connectivity index (χ1v) is 8.56. The monoisotopic (exact) mass is 321 g/mol. The van der Waals surface area contributed by atoms with Gasteiger partial charge in [0.15, 0.2) is 15.0 Å². The van der Waals surface area contributed by atoms with E-state index in [4.69, 9.17) is 5.26 Å². The molecule has 0 radical (unpaired) electrons. The van der Waals surface area contributed by atoms with Gasteiger partial charge in [0.2, 0.25) is 0 Å². The second-order valence-electron chi connectivity index (χ2n) is 4.04. The summed E-state index contributed by atoms with van der Waals surface area (Å²) in [5.74, 6) is 0.192. The number of sulfone groups is 1. The van der Waals surface area contributed by atoms with Gasteiger partial charge in [0.1, 0.15) is 0 Å². The minimum atomic E-state index is -3.42. The molecule has 0 saturated heterocycles. The van der Waals surface area contributed by atoms with Crippen LogP contribution in [0.15, 0.2) is 51.4 Å². The molecule has 0 aliphatic carbocycles. The summed E-state index contributed by atoms with van der Waals surface area (Å²) < 4.78 is 24.2. The van der Waals surface area contributed by atoms with Crippen molar-refractivity contribution < 1.29 is 8.42 Å². The Morgan fingerprint density at radius 1 is 1.24 bits per heavy atom. The molecular weight excluding hydrogens is 310 g/mol. The molecule has 0 amide bonds. The number of rotatable bonds is 5. The number of hydrogen-bond donors (Lipinski definition) is 1. The van der Waals surface area contributed by atoms with E-state index in [-0.39, 0.29) is 22.0 Å². The average Bonchev–Trinajstić information content (AvgIpc) is 2.47. The van der Waals surface area contributed by atoms with Gasteiger partial charge in [0, 0.05) is 18.0 Å². The van der Waals surface area contributed by atoms with Crippen molar-refractivity contribution in [1.82, 2.24) is 9.97 Å². The van der Waals surface area contributed by atoms with Crippen LogP contribution in [0.3, 0.4) is 0 Å². The fourth-order valence-electron chi connectivity index (χ4n) is 1.53. The Balaban J connectivity index is 2.01. The molecule has 0 saturated carbocycles. The zero-order valence-electron chi connectivity index (χ0n) is 10.8. The van der Waals surface area contributed by atoms with Crippen LogP contribution in [-0.4, -0.2) is 29.9 Å². The number of nitriles is 1. The minimum Gasteiger partial charge on any atom is -0.301 e. The van der Waals surface area contributed by atoms with Gasteiger partial charge in [-0.1, -0.05) is 11.8 Å². The summed E-state index contributed by atoms with van der Waals surface area (Å²) in [6.45, 7) is 0. The molecule has 21 heavy (non-hydrogen) atoms. The van der Waals surface area contributed by atoms with Crippen LogP contribution in [0, 0.1) is 11.3 Å². The highest BCUT2D eigenvalue weighted by molar-refractivity contribution is 8.00. The third-order valence-corrected chi connectivity index (χ3v) is 5.46. The summed E-state index contributed by atoms with van der Waals surface area (Å²) in [6, 6.07) is 9.00. The Labute approximate surface area is 125 Å². The molecule has 2 aromatic rings. The maximum Gasteiger partial charge on any atom is 0.251 e. The van der Waals surface area contributed by atoms with Crippen LogP contribution < -0.4 is 5.56 Å². The van der Waals surface area contributed by atoms with Crippen molar-refractivity contribution in [3.63, 3.8) is 0 Å². The van der Waals surface area contributed by atoms with Crippen LogP contribution in [0.25, 0.3) is 0 Å². The Morgan fingerprint density at radius 2 is 1.95 bits per heavy atom. The molecule has 0 atom stereocenters. The smallest absolute Gasteiger partial charge is 0.251 e. The summed E-state index contributed by atoms with van der Waals surface area (Å²) in [6.07, 6.45) is 1.37. The van der Waals surface area contributed by atoms with Crippen LogP contribution in [0.1, 0.15) is 5.56 Å². The van der Waals surface area contributed by atoms with Gasteiger partial charge in [-0.15, -0.1) is 0 Å². The van der Waals surface area contributed by atoms with E-state index >= 15 is 0 Å². The van der Waals surface area contributed by atoms with E-state index in [1.165, 1.54) is 48.3 Å². The van der Waals surface area contributed by atoms with E-state index in [0.29, 0.717) is 10.7 Å². The van der Waals surface area contributed by atoms with E-state index in [9.17, 15) is 13.2 Å². The van der Waals surface area contributed by atoms with Crippen molar-refractivity contribution in [1.29, 1.82) is 5.26 Å². The number of aromatic amines is 1. The molecule has 1 heterocycles. The van der Waals surface area contributed by atoms with Crippen molar-refractivity contribution in [3.8, 4) is 6.07 Å². The molecule has 1 aromatic heterocycles. The standard InChI is InChI=1S/C13H11N3O3S2/c14-9-10-1-3-11(4-2-10)21(18,19)8-7-20-13-15-6-5-12(17)16-13/h1-6H,7-8H2,(H,15,16,17). The maximum absolute atomic E-state index is 12.1. The first kappa shape index (κ1) is 15.3. The van der Waals surface area contributed by atoms with Gasteiger partial charge >= 0.3 is 0 Å². The Morgan fingerprint density at radius 3 is 2.57 bits per heavy atom. The third-order valence-electron chi connectivity index (χ3n) is 2.58. The summed E-state index contributed by atoms with van der Waals surface area (Å²) in [7, 11) is -3.42. The van der Waals surface area contributed by atoms with Gasteiger partial charge in [0.05, 0.1) is 22.3 Å². The maximum atomic E-state index is 12.1. The Hall–Kier alpha value is -2.11. The van der Waals surface area contributed by atoms with Crippen LogP contribution in [0.5, 0.6) is 0 Å². The molecule has 1 N–H and O–H groups in total. The third kappa shape index (κ3) is 4.18. The van der Waals surface area contributed by atoms with Gasteiger partial charge in [-0.2, -0.15) is 5.26 Å². The summed E-state index contributed by atoms with van der Waals surface area (Å²) >= 11 is 1.17. The molecule has 6 nitrogen and oxygen atoms in total. The van der Waals surface area contributed by atoms with Gasteiger partial charge in [-0.3, -0.25) is 4.79 Å². The molecule has 0 aliphatic rings. The highest BCUT2D eigenvalue weighted by atomic mass is 32.2. The molecule has 108 valence electrons. The van der Waals surface area contributed by atoms with E-state index in [1.807, 2.05) is 6.07 Å². The zero-order valence-corrected chi connectivity index (χ0v) is 12.4. The SMILES string of the molecule is N#Cc1ccc(S(=O)(=O)CCSc2nccc(=O)[nH]2)cc1. The van der Waals surface area contributed by atoms with Crippen molar-refractivity contribution in [2.24, 2.45) is 0 Å². The van der Waals surface area contributed by atoms with E-state index < -0.39 is 9.84 Å². The molecule has 8 heteroatoms. The lowest BCUT2D eigenvalue weighted by atomic mass is 10.2. The fraction of sp³-hybridized carbons (Fsp3) is 0.154. The zero-order chi connectivity index (χ0) is 15.3. The number of nitrogens with one attached hydrogen (secondary N) is 1. The fourth-order valence-corrected chi connectivity index (χ4v) is 4.03. The molecule has 2 rings (SSSR count). The number of H-pyrrole nitrogens is 1. The molecule has 0 fully saturated rings. The molecule has 0 spiro atoms. The van der Waals surface area contributed by atoms with Crippen LogP contribution in [0.2, 0.25) is 0 Å². The highest BCUT2D eigenvalue weighted by Crippen LogP contribution is 2.16. The van der Waals surface area contributed by atoms with E-state index in [0.717, 1.165) is 0 Å². The lowest BCUT2D eigenvalue weighted by Crippen LogP contribution is -2.10. The van der Waals surface area contributed by atoms with Gasteiger partial charge in [0.25, 0.3) is 5.56 Å². The van der Waals surface area contributed by atoms with Crippen LogP contribution in [0.4, 0.5) is 0 Å². The molecule has 0 aliphatic heterocycles. The Bertz CT molecular complexity index is 821. The van der Waals surface area contributed by atoms with Gasteiger partial charge in [-0.05, 0) is 24.3 Å². The second-order valence-corrected chi connectivity index (χ2v) is 7.24. The van der Waals surface area contributed by atoms with Crippen molar-refractivity contribution in [2.45, 2.75) is 10.1 Å². The van der Waals surface area contributed by atoms with Crippen LogP contribution in [-0.2, 0) is 9.84 Å². The number of thioether (sulfide) groups is 1. The summed E-state index contributed by atoms with van der Waals surface area (Å²) in [5, 5.41) is 9.07. The van der Waals surface area contributed by atoms with Crippen LogP contribution >= 0.6 is 11.8 Å². The number of nitrogens with zero attached hydrogens (tertiary/aromatic N) is 2. The largest absolute Gasteiger partial charge is 0.301 e. The topological polar surface area (TPSA) is 104 Å². The predicted octanol–water partition coefficient (Wildman–Crippen LogP) is 1.21. The summed E-state index contributed by atoms with van der Waals surface area (Å²) in [4.78, 5) is 17.7. The summed E-state index contributed by atoms with van der Waals surface area (Å²) in [5.41, 5.74) is 0.136. The number of aromatic nitrogens is 2.